The smallest absolute Gasteiger partial charge is 0.137 e. The molecule has 4 N–H and O–H groups in total. The highest BCUT2D eigenvalue weighted by Crippen LogP contribution is 2.27. The van der Waals surface area contributed by atoms with E-state index in [0.717, 1.165) is 0 Å². The van der Waals surface area contributed by atoms with Gasteiger partial charge in [0.1, 0.15) is 28.5 Å². The van der Waals surface area contributed by atoms with Crippen LogP contribution >= 0.6 is 22.6 Å². The Morgan fingerprint density at radius 1 is 1.33 bits per heavy atom. The molecular weight excluding hydrogens is 279 g/mol. The van der Waals surface area contributed by atoms with Gasteiger partial charge in [0.05, 0.1) is 6.61 Å². The van der Waals surface area contributed by atoms with Crippen LogP contribution in [0.1, 0.15) is 0 Å². The van der Waals surface area contributed by atoms with Crippen molar-refractivity contribution in [3.05, 3.63) is 0 Å². The molecule has 0 saturated carbocycles. The van der Waals surface area contributed by atoms with Gasteiger partial charge in [0.2, 0.25) is 0 Å². The third kappa shape index (κ3) is 1.88. The van der Waals surface area contributed by atoms with Crippen LogP contribution in [0.25, 0.3) is 0 Å². The fourth-order valence-electron chi connectivity index (χ4n) is 1.08. The summed E-state index contributed by atoms with van der Waals surface area (Å²) < 4.78 is 4.48. The molecule has 0 aromatic carbocycles. The van der Waals surface area contributed by atoms with E-state index >= 15 is 0 Å². The topological polar surface area (TPSA) is 90.2 Å². The fraction of sp³-hybridized carbons (Fsp3) is 1.00. The largest absolute Gasteiger partial charge is 0.394 e. The zero-order valence-corrected chi connectivity index (χ0v) is 8.33. The molecule has 1 rings (SSSR count). The number of alkyl halides is 1. The Labute approximate surface area is 83.1 Å². The van der Waals surface area contributed by atoms with E-state index < -0.39 is 35.1 Å². The highest BCUT2D eigenvalue weighted by molar-refractivity contribution is 14.1. The van der Waals surface area contributed by atoms with E-state index in [1.54, 1.807) is 0 Å². The van der Waals surface area contributed by atoms with Crippen molar-refractivity contribution in [1.29, 1.82) is 0 Å². The molecule has 72 valence electrons. The van der Waals surface area contributed by atoms with Crippen LogP contribution < -0.4 is 0 Å². The highest BCUT2D eigenvalue weighted by atomic mass is 127. The summed E-state index contributed by atoms with van der Waals surface area (Å²) in [4.78, 5) is 0. The maximum absolute atomic E-state index is 9.28. The summed E-state index contributed by atoms with van der Waals surface area (Å²) in [6.45, 7) is -0.488. The van der Waals surface area contributed by atoms with Crippen LogP contribution in [0, 0.1) is 0 Å². The molecule has 1 aliphatic rings. The summed E-state index contributed by atoms with van der Waals surface area (Å²) in [5, 5.41) is 36.2. The number of hydrogen-bond acceptors (Lipinski definition) is 5. The predicted molar refractivity (Wildman–Crippen MR) is 47.8 cm³/mol. The molecule has 1 unspecified atom stereocenters. The van der Waals surface area contributed by atoms with Crippen molar-refractivity contribution < 1.29 is 25.2 Å². The Balaban J connectivity index is 2.58. The molecule has 0 amide bonds. The van der Waals surface area contributed by atoms with Crippen molar-refractivity contribution in [2.24, 2.45) is 0 Å². The molecule has 5 nitrogen and oxygen atoms in total. The Hall–Kier alpha value is 0.530. The van der Waals surface area contributed by atoms with E-state index in [2.05, 4.69) is 0 Å². The number of aliphatic hydroxyl groups is 4. The van der Waals surface area contributed by atoms with Crippen molar-refractivity contribution in [2.45, 2.75) is 28.5 Å². The van der Waals surface area contributed by atoms with Crippen LogP contribution in [-0.4, -0.2) is 55.6 Å². The maximum Gasteiger partial charge on any atom is 0.137 e. The number of hydrogen-bond donors (Lipinski definition) is 4. The quantitative estimate of drug-likeness (QED) is 0.357. The minimum Gasteiger partial charge on any atom is -0.394 e. The van der Waals surface area contributed by atoms with Crippen LogP contribution in [0.15, 0.2) is 0 Å². The molecule has 0 aromatic rings. The zero-order chi connectivity index (χ0) is 9.30. The minimum absolute atomic E-state index is 0.488. The lowest BCUT2D eigenvalue weighted by Crippen LogP contribution is -2.40. The minimum atomic E-state index is -1.14. The van der Waals surface area contributed by atoms with Gasteiger partial charge < -0.3 is 25.2 Å². The normalized spacial score (nSPS) is 44.8. The van der Waals surface area contributed by atoms with Crippen molar-refractivity contribution in [3.63, 3.8) is 0 Å². The first-order valence-electron chi connectivity index (χ1n) is 3.52. The van der Waals surface area contributed by atoms with Gasteiger partial charge in [-0.25, -0.2) is 0 Å². The van der Waals surface area contributed by atoms with E-state index in [1.165, 1.54) is 0 Å². The summed E-state index contributed by atoms with van der Waals surface area (Å²) in [5.74, 6) is 0. The molecule has 0 aliphatic carbocycles. The Morgan fingerprint density at radius 3 is 2.25 bits per heavy atom. The monoisotopic (exact) mass is 290 g/mol. The summed E-state index contributed by atoms with van der Waals surface area (Å²) in [6.07, 6.45) is -4.17. The van der Waals surface area contributed by atoms with Crippen LogP contribution in [0.5, 0.6) is 0 Å². The molecule has 1 saturated heterocycles. The average molecular weight is 290 g/mol. The summed E-state index contributed by atoms with van der Waals surface area (Å²) in [7, 11) is 0. The van der Waals surface area contributed by atoms with Gasteiger partial charge >= 0.3 is 0 Å². The molecule has 1 aliphatic heterocycles. The van der Waals surface area contributed by atoms with E-state index in [1.807, 2.05) is 22.6 Å². The molecule has 0 spiro atoms. The Kier molecular flexibility index (Phi) is 3.68. The lowest BCUT2D eigenvalue weighted by Gasteiger charge is -2.18. The van der Waals surface area contributed by atoms with E-state index in [9.17, 15) is 10.2 Å². The number of halogens is 1. The fourth-order valence-corrected chi connectivity index (χ4v) is 1.85. The van der Waals surface area contributed by atoms with Gasteiger partial charge in [-0.1, -0.05) is 0 Å². The van der Waals surface area contributed by atoms with Gasteiger partial charge in [-0.3, -0.25) is 0 Å². The number of rotatable bonds is 2. The highest BCUT2D eigenvalue weighted by Gasteiger charge is 2.44. The van der Waals surface area contributed by atoms with E-state index in [4.69, 9.17) is 14.9 Å². The second-order valence-electron chi connectivity index (χ2n) is 2.68. The first kappa shape index (κ1) is 10.6. The second-order valence-corrected chi connectivity index (χ2v) is 3.91. The van der Waals surface area contributed by atoms with Crippen molar-refractivity contribution in [2.75, 3.05) is 6.61 Å². The van der Waals surface area contributed by atoms with Gasteiger partial charge in [0.25, 0.3) is 0 Å². The van der Waals surface area contributed by atoms with Crippen molar-refractivity contribution in [3.8, 4) is 0 Å². The van der Waals surface area contributed by atoms with Crippen LogP contribution in [0.2, 0.25) is 0 Å². The third-order valence-electron chi connectivity index (χ3n) is 1.81. The molecular formula is C6H11IO5. The van der Waals surface area contributed by atoms with Crippen LogP contribution in [-0.2, 0) is 4.74 Å². The van der Waals surface area contributed by atoms with E-state index in [0.29, 0.717) is 0 Å². The zero-order valence-electron chi connectivity index (χ0n) is 6.17. The molecule has 1 fully saturated rings. The van der Waals surface area contributed by atoms with Gasteiger partial charge in [0, 0.05) is 0 Å². The molecule has 1 heterocycles. The van der Waals surface area contributed by atoms with Gasteiger partial charge in [-0.15, -0.1) is 0 Å². The number of ether oxygens (including phenoxy) is 1. The lowest BCUT2D eigenvalue weighted by molar-refractivity contribution is -0.0700. The molecule has 5 atom stereocenters. The number of aliphatic hydroxyl groups excluding tert-OH is 4. The molecule has 0 radical (unpaired) electrons. The maximum atomic E-state index is 9.28. The first-order valence-corrected chi connectivity index (χ1v) is 4.77. The molecule has 0 aromatic heterocycles. The van der Waals surface area contributed by atoms with Gasteiger partial charge in [0.15, 0.2) is 0 Å². The molecule has 6 heteroatoms. The Bertz CT molecular complexity index is 155. The standard InChI is InChI=1S/C6H11IO5/c7-6-4(11)3(10)5(12-6)2(9)1-8/h2-6,8-11H,1H2/t2-,3-,4-,5+,6?/m1/s1. The van der Waals surface area contributed by atoms with Crippen LogP contribution in [0.3, 0.4) is 0 Å². The van der Waals surface area contributed by atoms with Crippen LogP contribution in [0.4, 0.5) is 0 Å². The summed E-state index contributed by atoms with van der Waals surface area (Å²) >= 11 is 1.81. The van der Waals surface area contributed by atoms with E-state index in [-0.39, 0.29) is 0 Å². The van der Waals surface area contributed by atoms with Gasteiger partial charge in [-0.2, -0.15) is 0 Å². The Morgan fingerprint density at radius 2 is 1.92 bits per heavy atom. The molecule has 0 bridgehead atoms. The predicted octanol–water partition coefficient (Wildman–Crippen LogP) is -1.78. The summed E-state index contributed by atoms with van der Waals surface area (Å²) in [6, 6.07) is 0. The van der Waals surface area contributed by atoms with Gasteiger partial charge in [-0.05, 0) is 22.6 Å². The first-order chi connectivity index (χ1) is 5.57. The lowest BCUT2D eigenvalue weighted by atomic mass is 10.1. The summed E-state index contributed by atoms with van der Waals surface area (Å²) in [5.41, 5.74) is 0. The SMILES string of the molecule is OC[C@@H](O)[C@@H]1OC(I)[C@H](O)[C@H]1O. The molecule has 12 heavy (non-hydrogen) atoms. The second kappa shape index (κ2) is 4.16. The van der Waals surface area contributed by atoms with Crippen molar-refractivity contribution >= 4 is 22.6 Å². The average Bonchev–Trinajstić information content (AvgIpc) is 2.32. The third-order valence-corrected chi connectivity index (χ3v) is 2.84. The van der Waals surface area contributed by atoms with Crippen molar-refractivity contribution in [1.82, 2.24) is 0 Å².